The van der Waals surface area contributed by atoms with E-state index in [1.807, 2.05) is 30.3 Å². The minimum atomic E-state index is -0.249. The number of furan rings is 1. The second kappa shape index (κ2) is 5.75. The number of fused-ring (bicyclic) bond motifs is 2. The molecule has 2 aromatic heterocycles. The van der Waals surface area contributed by atoms with Crippen LogP contribution in [-0.4, -0.2) is 20.8 Å². The summed E-state index contributed by atoms with van der Waals surface area (Å²) in [7, 11) is 0. The lowest BCUT2D eigenvalue weighted by atomic mass is 10.2. The number of hydrogen-bond acceptors (Lipinski definition) is 4. The van der Waals surface area contributed by atoms with Crippen LogP contribution in [0.4, 0.5) is 4.79 Å². The quantitative estimate of drug-likeness (QED) is 0.771. The van der Waals surface area contributed by atoms with E-state index in [1.165, 1.54) is 0 Å². The molecule has 2 amide bonds. The number of rotatable bonds is 4. The third-order valence-corrected chi connectivity index (χ3v) is 3.99. The van der Waals surface area contributed by atoms with Crippen molar-refractivity contribution in [1.82, 2.24) is 25.4 Å². The van der Waals surface area contributed by atoms with Gasteiger partial charge in [0.15, 0.2) is 5.82 Å². The van der Waals surface area contributed by atoms with Gasteiger partial charge in [-0.3, -0.25) is 0 Å². The molecule has 1 aliphatic heterocycles. The zero-order valence-corrected chi connectivity index (χ0v) is 12.6. The lowest BCUT2D eigenvalue weighted by Gasteiger charge is -2.06. The number of aromatic nitrogens is 3. The standard InChI is InChI=1S/C16H17N5O2/c22-16(18-10-15-20-19-14-6-3-7-21(14)15)17-9-12-8-11-4-1-2-5-13(11)23-12/h1-2,4-5,8H,3,6-7,9-10H2,(H2,17,18,22). The highest BCUT2D eigenvalue weighted by Crippen LogP contribution is 2.18. The molecular weight excluding hydrogens is 294 g/mol. The van der Waals surface area contributed by atoms with Crippen LogP contribution in [0.3, 0.4) is 0 Å². The number of para-hydroxylation sites is 1. The molecule has 118 valence electrons. The average Bonchev–Trinajstić information content (AvgIpc) is 3.25. The zero-order valence-electron chi connectivity index (χ0n) is 12.6. The van der Waals surface area contributed by atoms with Gasteiger partial charge in [-0.25, -0.2) is 4.79 Å². The Balaban J connectivity index is 1.31. The predicted molar refractivity (Wildman–Crippen MR) is 83.6 cm³/mol. The highest BCUT2D eigenvalue weighted by molar-refractivity contribution is 5.78. The molecule has 4 rings (SSSR count). The molecule has 1 aliphatic rings. The van der Waals surface area contributed by atoms with Gasteiger partial charge in [-0.05, 0) is 18.6 Å². The highest BCUT2D eigenvalue weighted by atomic mass is 16.3. The third kappa shape index (κ3) is 2.77. The Morgan fingerprint density at radius 1 is 1.22 bits per heavy atom. The molecule has 0 fully saturated rings. The Bertz CT molecular complexity index is 818. The Labute approximate surface area is 132 Å². The fourth-order valence-corrected chi connectivity index (χ4v) is 2.85. The van der Waals surface area contributed by atoms with E-state index in [9.17, 15) is 4.79 Å². The molecule has 0 saturated heterocycles. The van der Waals surface area contributed by atoms with Crippen LogP contribution < -0.4 is 10.6 Å². The van der Waals surface area contributed by atoms with Crippen molar-refractivity contribution in [1.29, 1.82) is 0 Å². The van der Waals surface area contributed by atoms with E-state index < -0.39 is 0 Å². The predicted octanol–water partition coefficient (Wildman–Crippen LogP) is 1.97. The number of aryl methyl sites for hydroxylation is 1. The van der Waals surface area contributed by atoms with Crippen LogP contribution in [-0.2, 0) is 26.1 Å². The van der Waals surface area contributed by atoms with E-state index in [0.29, 0.717) is 13.1 Å². The number of hydrogen-bond donors (Lipinski definition) is 2. The first-order chi connectivity index (χ1) is 11.3. The molecule has 0 atom stereocenters. The molecule has 0 saturated carbocycles. The fraction of sp³-hybridized carbons (Fsp3) is 0.312. The Kier molecular flexibility index (Phi) is 3.45. The van der Waals surface area contributed by atoms with Crippen LogP contribution in [0.5, 0.6) is 0 Å². The van der Waals surface area contributed by atoms with Crippen LogP contribution in [0.1, 0.15) is 23.8 Å². The fourth-order valence-electron chi connectivity index (χ4n) is 2.85. The summed E-state index contributed by atoms with van der Waals surface area (Å²) in [5, 5.41) is 14.9. The van der Waals surface area contributed by atoms with Gasteiger partial charge >= 0.3 is 6.03 Å². The van der Waals surface area contributed by atoms with Crippen molar-refractivity contribution < 1.29 is 9.21 Å². The summed E-state index contributed by atoms with van der Waals surface area (Å²) in [6.45, 7) is 1.65. The number of nitrogens with one attached hydrogen (secondary N) is 2. The first-order valence-corrected chi connectivity index (χ1v) is 7.70. The number of nitrogens with zero attached hydrogens (tertiary/aromatic N) is 3. The van der Waals surface area contributed by atoms with Crippen molar-refractivity contribution in [3.63, 3.8) is 0 Å². The SMILES string of the molecule is O=C(NCc1cc2ccccc2o1)NCc1nnc2n1CCC2. The van der Waals surface area contributed by atoms with Gasteiger partial charge in [0.1, 0.15) is 17.2 Å². The number of urea groups is 1. The van der Waals surface area contributed by atoms with Crippen LogP contribution in [0, 0.1) is 0 Å². The summed E-state index contributed by atoms with van der Waals surface area (Å²) in [5.41, 5.74) is 0.823. The largest absolute Gasteiger partial charge is 0.459 e. The number of carbonyl (C=O) groups excluding carboxylic acids is 1. The van der Waals surface area contributed by atoms with E-state index in [-0.39, 0.29) is 6.03 Å². The molecule has 7 heteroatoms. The number of amides is 2. The number of carbonyl (C=O) groups is 1. The third-order valence-electron chi connectivity index (χ3n) is 3.99. The van der Waals surface area contributed by atoms with Gasteiger partial charge in [0, 0.05) is 18.4 Å². The van der Waals surface area contributed by atoms with Gasteiger partial charge < -0.3 is 19.6 Å². The van der Waals surface area contributed by atoms with Crippen molar-refractivity contribution in [2.45, 2.75) is 32.5 Å². The minimum Gasteiger partial charge on any atom is -0.459 e. The molecule has 0 aliphatic carbocycles. The summed E-state index contributed by atoms with van der Waals surface area (Å²) < 4.78 is 7.73. The summed E-state index contributed by atoms with van der Waals surface area (Å²) in [6.07, 6.45) is 2.06. The van der Waals surface area contributed by atoms with Crippen LogP contribution >= 0.6 is 0 Å². The first-order valence-electron chi connectivity index (χ1n) is 7.70. The molecule has 0 spiro atoms. The van der Waals surface area contributed by atoms with Gasteiger partial charge in [0.05, 0.1) is 13.1 Å². The molecule has 3 aromatic rings. The highest BCUT2D eigenvalue weighted by Gasteiger charge is 2.17. The van der Waals surface area contributed by atoms with Gasteiger partial charge in [0.2, 0.25) is 0 Å². The second-order valence-corrected chi connectivity index (χ2v) is 5.57. The monoisotopic (exact) mass is 311 g/mol. The van der Waals surface area contributed by atoms with Crippen molar-refractivity contribution in [2.24, 2.45) is 0 Å². The van der Waals surface area contributed by atoms with E-state index in [2.05, 4.69) is 25.4 Å². The van der Waals surface area contributed by atoms with Crippen LogP contribution in [0.15, 0.2) is 34.7 Å². The molecule has 7 nitrogen and oxygen atoms in total. The topological polar surface area (TPSA) is 85.0 Å². The minimum absolute atomic E-state index is 0.249. The van der Waals surface area contributed by atoms with Gasteiger partial charge in [-0.1, -0.05) is 18.2 Å². The zero-order chi connectivity index (χ0) is 15.6. The Hall–Kier alpha value is -2.83. The molecule has 0 bridgehead atoms. The van der Waals surface area contributed by atoms with Crippen LogP contribution in [0.25, 0.3) is 11.0 Å². The molecule has 3 heterocycles. The van der Waals surface area contributed by atoms with E-state index in [4.69, 9.17) is 4.42 Å². The normalized spacial score (nSPS) is 13.2. The maximum atomic E-state index is 11.9. The molecule has 0 unspecified atom stereocenters. The Morgan fingerprint density at radius 3 is 3.00 bits per heavy atom. The number of benzene rings is 1. The molecule has 1 aromatic carbocycles. The smallest absolute Gasteiger partial charge is 0.315 e. The maximum absolute atomic E-state index is 11.9. The summed E-state index contributed by atoms with van der Waals surface area (Å²) in [4.78, 5) is 11.9. The van der Waals surface area contributed by atoms with Crippen molar-refractivity contribution in [2.75, 3.05) is 0 Å². The lowest BCUT2D eigenvalue weighted by molar-refractivity contribution is 0.239. The van der Waals surface area contributed by atoms with Crippen molar-refractivity contribution in [3.05, 3.63) is 47.7 Å². The van der Waals surface area contributed by atoms with Crippen LogP contribution in [0.2, 0.25) is 0 Å². The van der Waals surface area contributed by atoms with E-state index >= 15 is 0 Å². The lowest BCUT2D eigenvalue weighted by Crippen LogP contribution is -2.35. The molecule has 2 N–H and O–H groups in total. The van der Waals surface area contributed by atoms with Crippen molar-refractivity contribution >= 4 is 17.0 Å². The first kappa shape index (κ1) is 13.8. The van der Waals surface area contributed by atoms with E-state index in [0.717, 1.165) is 47.8 Å². The van der Waals surface area contributed by atoms with Gasteiger partial charge in [-0.2, -0.15) is 0 Å². The van der Waals surface area contributed by atoms with Gasteiger partial charge in [0.25, 0.3) is 0 Å². The Morgan fingerprint density at radius 2 is 2.09 bits per heavy atom. The van der Waals surface area contributed by atoms with Crippen molar-refractivity contribution in [3.8, 4) is 0 Å². The second-order valence-electron chi connectivity index (χ2n) is 5.57. The molecule has 0 radical (unpaired) electrons. The summed E-state index contributed by atoms with van der Waals surface area (Å²) in [5.74, 6) is 2.53. The summed E-state index contributed by atoms with van der Waals surface area (Å²) in [6, 6.07) is 9.45. The van der Waals surface area contributed by atoms with Gasteiger partial charge in [-0.15, -0.1) is 10.2 Å². The van der Waals surface area contributed by atoms with E-state index in [1.54, 1.807) is 0 Å². The molecule has 23 heavy (non-hydrogen) atoms. The molecular formula is C16H17N5O2. The summed E-state index contributed by atoms with van der Waals surface area (Å²) >= 11 is 0. The maximum Gasteiger partial charge on any atom is 0.315 e. The average molecular weight is 311 g/mol.